The van der Waals surface area contributed by atoms with Gasteiger partial charge in [-0.25, -0.2) is 9.59 Å². The van der Waals surface area contributed by atoms with Gasteiger partial charge in [-0.05, 0) is 13.2 Å². The molecule has 0 saturated carbocycles. The number of carbonyl (C=O) groups is 2. The Labute approximate surface area is 103 Å². The van der Waals surface area contributed by atoms with Crippen molar-refractivity contribution in [3.8, 4) is 0 Å². The molecule has 0 aromatic rings. The minimum absolute atomic E-state index is 0.0625. The largest absolute Gasteiger partial charge is 0.464 e. The average Bonchev–Trinajstić information content (AvgIpc) is 2.28. The zero-order valence-corrected chi connectivity index (χ0v) is 10.9. The molecule has 0 rings (SSSR count). The zero-order valence-electron chi connectivity index (χ0n) is 9.23. The first kappa shape index (κ1) is 17.3. The van der Waals surface area contributed by atoms with Gasteiger partial charge < -0.3 is 15.2 Å². The zero-order chi connectivity index (χ0) is 13.1. The van der Waals surface area contributed by atoms with Crippen LogP contribution in [0.3, 0.4) is 0 Å². The van der Waals surface area contributed by atoms with Crippen molar-refractivity contribution in [3.63, 3.8) is 0 Å². The Kier molecular flexibility index (Phi) is 11.2. The third-order valence-electron chi connectivity index (χ3n) is 1.05. The van der Waals surface area contributed by atoms with Crippen LogP contribution < -0.4 is 5.73 Å². The summed E-state index contributed by atoms with van der Waals surface area (Å²) in [7, 11) is 1.26. The smallest absolute Gasteiger partial charge is 0.365 e. The van der Waals surface area contributed by atoms with Crippen molar-refractivity contribution >= 4 is 46.0 Å². The number of rotatable bonds is 1. The monoisotopic (exact) mass is 266 g/mol. The number of thiocarbonyl (C=S) groups is 1. The van der Waals surface area contributed by atoms with Gasteiger partial charge in [-0.3, -0.25) is 5.41 Å². The Bertz CT molecular complexity index is 264. The molecule has 6 nitrogen and oxygen atoms in total. The lowest BCUT2D eigenvalue weighted by Gasteiger charge is -1.95. The first-order chi connectivity index (χ1) is 7.40. The van der Waals surface area contributed by atoms with E-state index in [2.05, 4.69) is 21.7 Å². The molecule has 8 heteroatoms. The molecule has 0 aliphatic carbocycles. The fourth-order valence-corrected chi connectivity index (χ4v) is 0.687. The summed E-state index contributed by atoms with van der Waals surface area (Å²) >= 11 is 5.35. The molecule has 0 aliphatic rings. The topological polar surface area (TPSA) is 102 Å². The van der Waals surface area contributed by atoms with E-state index in [1.807, 2.05) is 0 Å². The first-order valence-electron chi connectivity index (χ1n) is 4.08. The van der Waals surface area contributed by atoms with Gasteiger partial charge in [-0.1, -0.05) is 12.2 Å². The highest BCUT2D eigenvalue weighted by Gasteiger charge is 2.04. The van der Waals surface area contributed by atoms with Crippen LogP contribution >= 0.6 is 24.0 Å². The van der Waals surface area contributed by atoms with Crippen LogP contribution in [0.25, 0.3) is 0 Å². The van der Waals surface area contributed by atoms with Crippen LogP contribution in [-0.2, 0) is 19.1 Å². The summed E-state index contributed by atoms with van der Waals surface area (Å²) in [6.45, 7) is 2.01. The second kappa shape index (κ2) is 10.4. The molecule has 16 heavy (non-hydrogen) atoms. The molecule has 0 saturated heterocycles. The highest BCUT2D eigenvalue weighted by Crippen LogP contribution is 1.95. The molecule has 0 aromatic carbocycles. The van der Waals surface area contributed by atoms with E-state index in [0.717, 1.165) is 11.8 Å². The molecule has 0 spiro atoms. The number of thioether (sulfide) groups is 1. The van der Waals surface area contributed by atoms with E-state index in [4.69, 9.17) is 11.1 Å². The predicted molar refractivity (Wildman–Crippen MR) is 66.7 cm³/mol. The summed E-state index contributed by atoms with van der Waals surface area (Å²) in [5.41, 5.74) is 4.88. The fourth-order valence-electron chi connectivity index (χ4n) is 0.378. The molecule has 0 atom stereocenters. The van der Waals surface area contributed by atoms with Crippen LogP contribution in [0.15, 0.2) is 0 Å². The lowest BCUT2D eigenvalue weighted by molar-refractivity contribution is -0.135. The number of ether oxygens (including phenoxy) is 2. The van der Waals surface area contributed by atoms with Crippen molar-refractivity contribution in [2.45, 2.75) is 6.92 Å². The summed E-state index contributed by atoms with van der Waals surface area (Å²) in [6, 6.07) is 0. The summed E-state index contributed by atoms with van der Waals surface area (Å²) in [6.07, 6.45) is 1.65. The van der Waals surface area contributed by atoms with E-state index in [0.29, 0.717) is 6.61 Å². The quantitative estimate of drug-likeness (QED) is 0.305. The maximum Gasteiger partial charge on any atom is 0.365 e. The maximum absolute atomic E-state index is 10.3. The number of hydrogen-bond donors (Lipinski definition) is 2. The standard InChI is InChI=1S/2C4H7NO2S/c1-7-4(6)3(5)8-2;1-2-7-4(6)3(5)8/h5H,1-2H3;2H2,1H3,(H2,5,8). The number of nitrogens with two attached hydrogens (primary N) is 1. The summed E-state index contributed by atoms with van der Waals surface area (Å²) < 4.78 is 8.62. The molecule has 0 radical (unpaired) electrons. The van der Waals surface area contributed by atoms with Gasteiger partial charge in [0.05, 0.1) is 13.7 Å². The number of esters is 2. The predicted octanol–water partition coefficient (Wildman–Crippen LogP) is 0.335. The first-order valence-corrected chi connectivity index (χ1v) is 5.71. The second-order valence-electron chi connectivity index (χ2n) is 2.11. The number of carbonyl (C=O) groups excluding carboxylic acids is 2. The van der Waals surface area contributed by atoms with Crippen molar-refractivity contribution in [1.82, 2.24) is 0 Å². The molecule has 0 amide bonds. The van der Waals surface area contributed by atoms with Gasteiger partial charge in [-0.2, -0.15) is 0 Å². The second-order valence-corrected chi connectivity index (χ2v) is 3.37. The molecule has 3 N–H and O–H groups in total. The van der Waals surface area contributed by atoms with Crippen molar-refractivity contribution in [3.05, 3.63) is 0 Å². The minimum atomic E-state index is -0.609. The maximum atomic E-state index is 10.3. The minimum Gasteiger partial charge on any atom is -0.464 e. The molecule has 0 bridgehead atoms. The Balaban J connectivity index is 0. The SMILES string of the molecule is CCOC(=O)C(N)=S.COC(=O)C(=N)SC. The summed E-state index contributed by atoms with van der Waals surface area (Å²) in [5.74, 6) is -1.18. The van der Waals surface area contributed by atoms with Gasteiger partial charge in [-0.15, -0.1) is 11.8 Å². The van der Waals surface area contributed by atoms with Crippen molar-refractivity contribution in [1.29, 1.82) is 5.41 Å². The Morgan fingerprint density at radius 2 is 1.94 bits per heavy atom. The van der Waals surface area contributed by atoms with Crippen LogP contribution in [0.5, 0.6) is 0 Å². The van der Waals surface area contributed by atoms with E-state index in [1.54, 1.807) is 13.2 Å². The van der Waals surface area contributed by atoms with Crippen molar-refractivity contribution in [2.75, 3.05) is 20.0 Å². The van der Waals surface area contributed by atoms with E-state index in [1.165, 1.54) is 7.11 Å². The van der Waals surface area contributed by atoms with Crippen LogP contribution in [0.2, 0.25) is 0 Å². The van der Waals surface area contributed by atoms with Crippen molar-refractivity contribution < 1.29 is 19.1 Å². The molecular formula is C8H14N2O4S2. The van der Waals surface area contributed by atoms with Gasteiger partial charge in [0.1, 0.15) is 0 Å². The third kappa shape index (κ3) is 9.41. The van der Waals surface area contributed by atoms with Gasteiger partial charge in [0.15, 0.2) is 10.0 Å². The van der Waals surface area contributed by atoms with Crippen LogP contribution in [0, 0.1) is 5.41 Å². The molecule has 0 heterocycles. The lowest BCUT2D eigenvalue weighted by Crippen LogP contribution is -2.23. The number of hydrogen-bond acceptors (Lipinski definition) is 7. The van der Waals surface area contributed by atoms with E-state index < -0.39 is 11.9 Å². The van der Waals surface area contributed by atoms with E-state index in [-0.39, 0.29) is 10.0 Å². The van der Waals surface area contributed by atoms with Crippen LogP contribution in [0.4, 0.5) is 0 Å². The third-order valence-corrected chi connectivity index (χ3v) is 1.79. The molecule has 0 aliphatic heterocycles. The van der Waals surface area contributed by atoms with E-state index in [9.17, 15) is 9.59 Å². The Morgan fingerprint density at radius 1 is 1.44 bits per heavy atom. The summed E-state index contributed by atoms with van der Waals surface area (Å²) in [5, 5.41) is 6.77. The normalized spacial score (nSPS) is 8.19. The Morgan fingerprint density at radius 3 is 2.06 bits per heavy atom. The van der Waals surface area contributed by atoms with Gasteiger partial charge in [0.2, 0.25) is 0 Å². The molecule has 0 aromatic heterocycles. The van der Waals surface area contributed by atoms with Gasteiger partial charge in [0.25, 0.3) is 0 Å². The molecule has 0 unspecified atom stereocenters. The van der Waals surface area contributed by atoms with Crippen LogP contribution in [0.1, 0.15) is 6.92 Å². The highest BCUT2D eigenvalue weighted by atomic mass is 32.2. The van der Waals surface area contributed by atoms with E-state index >= 15 is 0 Å². The molecule has 92 valence electrons. The number of nitrogens with one attached hydrogen (secondary N) is 1. The highest BCUT2D eigenvalue weighted by molar-refractivity contribution is 8.14. The van der Waals surface area contributed by atoms with Gasteiger partial charge >= 0.3 is 11.9 Å². The lowest BCUT2D eigenvalue weighted by atomic mass is 10.7. The molecule has 0 fully saturated rings. The van der Waals surface area contributed by atoms with Crippen LogP contribution in [-0.4, -0.2) is 41.9 Å². The van der Waals surface area contributed by atoms with Gasteiger partial charge in [0, 0.05) is 0 Å². The summed E-state index contributed by atoms with van der Waals surface area (Å²) in [4.78, 5) is 20.3. The molecular weight excluding hydrogens is 252 g/mol. The van der Waals surface area contributed by atoms with Crippen molar-refractivity contribution in [2.24, 2.45) is 5.73 Å². The Hall–Kier alpha value is -1.15. The number of methoxy groups -OCH3 is 1. The average molecular weight is 266 g/mol. The fraction of sp³-hybridized carbons (Fsp3) is 0.500.